The minimum atomic E-state index is 0.941. The number of aromatic amines is 1. The van der Waals surface area contributed by atoms with Gasteiger partial charge in [0, 0.05) is 53.6 Å². The third-order valence-electron chi connectivity index (χ3n) is 3.47. The Bertz CT molecular complexity index is 687. The van der Waals surface area contributed by atoms with Crippen LogP contribution >= 0.6 is 15.9 Å². The molecular weight excluding hydrogens is 316 g/mol. The van der Waals surface area contributed by atoms with E-state index in [0.717, 1.165) is 24.1 Å². The lowest BCUT2D eigenvalue weighted by Gasteiger charge is -2.16. The number of rotatable bonds is 5. The second kappa shape index (κ2) is 5.81. The van der Waals surface area contributed by atoms with E-state index in [1.165, 1.54) is 16.5 Å². The first-order valence-corrected chi connectivity index (χ1v) is 7.41. The topological polar surface area (TPSA) is 36.9 Å². The Hall–Kier alpha value is -1.59. The molecule has 0 unspecified atom stereocenters. The molecule has 4 nitrogen and oxygen atoms in total. The van der Waals surface area contributed by atoms with Crippen molar-refractivity contribution in [2.75, 3.05) is 13.6 Å². The third kappa shape index (κ3) is 2.94. The second-order valence-electron chi connectivity index (χ2n) is 5.04. The molecule has 0 aliphatic heterocycles. The molecule has 20 heavy (non-hydrogen) atoms. The van der Waals surface area contributed by atoms with Crippen molar-refractivity contribution >= 4 is 26.8 Å². The van der Waals surface area contributed by atoms with E-state index < -0.39 is 0 Å². The van der Waals surface area contributed by atoms with Gasteiger partial charge in [0.2, 0.25) is 0 Å². The van der Waals surface area contributed by atoms with Crippen molar-refractivity contribution in [2.24, 2.45) is 0 Å². The summed E-state index contributed by atoms with van der Waals surface area (Å²) in [5.41, 5.74) is 2.51. The maximum atomic E-state index is 4.06. The van der Waals surface area contributed by atoms with Crippen LogP contribution in [0.3, 0.4) is 0 Å². The Balaban J connectivity index is 1.66. The maximum absolute atomic E-state index is 4.06. The fourth-order valence-corrected chi connectivity index (χ4v) is 2.73. The quantitative estimate of drug-likeness (QED) is 0.778. The maximum Gasteiger partial charge on any atom is 0.0946 e. The van der Waals surface area contributed by atoms with Gasteiger partial charge in [-0.15, -0.1) is 0 Å². The molecule has 0 saturated carbocycles. The zero-order valence-corrected chi connectivity index (χ0v) is 13.0. The Labute approximate surface area is 126 Å². The number of imidazole rings is 1. The van der Waals surface area contributed by atoms with Gasteiger partial charge in [-0.1, -0.05) is 22.0 Å². The van der Waals surface area contributed by atoms with Crippen LogP contribution in [0.15, 0.2) is 47.6 Å². The van der Waals surface area contributed by atoms with Crippen molar-refractivity contribution < 1.29 is 0 Å². The molecule has 0 aliphatic rings. The van der Waals surface area contributed by atoms with E-state index in [2.05, 4.69) is 66.8 Å². The smallest absolute Gasteiger partial charge is 0.0946 e. The van der Waals surface area contributed by atoms with Gasteiger partial charge in [0.15, 0.2) is 0 Å². The van der Waals surface area contributed by atoms with Crippen LogP contribution in [0.5, 0.6) is 0 Å². The molecule has 1 N–H and O–H groups in total. The summed E-state index contributed by atoms with van der Waals surface area (Å²) in [6.07, 6.45) is 7.77. The summed E-state index contributed by atoms with van der Waals surface area (Å²) in [7, 11) is 2.15. The molecule has 0 bridgehead atoms. The Morgan fingerprint density at radius 1 is 1.40 bits per heavy atom. The summed E-state index contributed by atoms with van der Waals surface area (Å²) in [6.45, 7) is 2.90. The van der Waals surface area contributed by atoms with Gasteiger partial charge in [-0.2, -0.15) is 0 Å². The number of nitrogens with zero attached hydrogens (tertiary/aromatic N) is 3. The summed E-state index contributed by atoms with van der Waals surface area (Å²) in [5.74, 6) is 0. The number of H-pyrrole nitrogens is 1. The summed E-state index contributed by atoms with van der Waals surface area (Å²) >= 11 is 3.50. The highest BCUT2D eigenvalue weighted by Gasteiger charge is 2.07. The lowest BCUT2D eigenvalue weighted by molar-refractivity contribution is 0.312. The molecule has 1 aromatic carbocycles. The van der Waals surface area contributed by atoms with Crippen LogP contribution in [0.2, 0.25) is 0 Å². The SMILES string of the molecule is CN(CCn1ccnc1)Cc1c[nH]c2cc(Br)ccc12. The van der Waals surface area contributed by atoms with Crippen molar-refractivity contribution in [3.63, 3.8) is 0 Å². The van der Waals surface area contributed by atoms with Gasteiger partial charge in [0.25, 0.3) is 0 Å². The van der Waals surface area contributed by atoms with E-state index in [9.17, 15) is 0 Å². The molecule has 0 spiro atoms. The molecule has 0 amide bonds. The van der Waals surface area contributed by atoms with Crippen LogP contribution in [-0.4, -0.2) is 33.0 Å². The molecule has 0 radical (unpaired) electrons. The first-order valence-electron chi connectivity index (χ1n) is 6.62. The molecule has 2 aromatic heterocycles. The average Bonchev–Trinajstić information content (AvgIpc) is 3.06. The molecule has 5 heteroatoms. The van der Waals surface area contributed by atoms with Gasteiger partial charge >= 0.3 is 0 Å². The lowest BCUT2D eigenvalue weighted by Crippen LogP contribution is -2.22. The standard InChI is InChI=1S/C15H17BrN4/c1-19(6-7-20-5-4-17-11-20)10-12-9-18-15-8-13(16)2-3-14(12)15/h2-5,8-9,11,18H,6-7,10H2,1H3. The molecule has 0 saturated heterocycles. The zero-order chi connectivity index (χ0) is 13.9. The molecule has 0 fully saturated rings. The van der Waals surface area contributed by atoms with Gasteiger partial charge < -0.3 is 14.5 Å². The second-order valence-corrected chi connectivity index (χ2v) is 5.96. The van der Waals surface area contributed by atoms with E-state index in [0.29, 0.717) is 0 Å². The highest BCUT2D eigenvalue weighted by molar-refractivity contribution is 9.10. The van der Waals surface area contributed by atoms with Gasteiger partial charge in [0.1, 0.15) is 0 Å². The monoisotopic (exact) mass is 332 g/mol. The highest BCUT2D eigenvalue weighted by Crippen LogP contribution is 2.23. The predicted octanol–water partition coefficient (Wildman–Crippen LogP) is 3.26. The van der Waals surface area contributed by atoms with Crippen molar-refractivity contribution in [2.45, 2.75) is 13.1 Å². The average molecular weight is 333 g/mol. The third-order valence-corrected chi connectivity index (χ3v) is 3.96. The largest absolute Gasteiger partial charge is 0.361 e. The number of fused-ring (bicyclic) bond motifs is 1. The lowest BCUT2D eigenvalue weighted by atomic mass is 10.1. The van der Waals surface area contributed by atoms with E-state index in [1.54, 1.807) is 0 Å². The number of hydrogen-bond acceptors (Lipinski definition) is 2. The summed E-state index contributed by atoms with van der Waals surface area (Å²) in [6, 6.07) is 6.37. The molecule has 0 atom stereocenters. The first-order chi connectivity index (χ1) is 9.72. The van der Waals surface area contributed by atoms with Crippen LogP contribution in [0.1, 0.15) is 5.56 Å². The van der Waals surface area contributed by atoms with E-state index in [1.807, 2.05) is 18.7 Å². The number of benzene rings is 1. The number of nitrogens with one attached hydrogen (secondary N) is 1. The van der Waals surface area contributed by atoms with E-state index >= 15 is 0 Å². The van der Waals surface area contributed by atoms with Crippen LogP contribution < -0.4 is 0 Å². The summed E-state index contributed by atoms with van der Waals surface area (Å²) < 4.78 is 3.20. The number of likely N-dealkylation sites (N-methyl/N-ethyl adjacent to an activating group) is 1. The normalized spacial score (nSPS) is 11.6. The Morgan fingerprint density at radius 3 is 3.10 bits per heavy atom. The molecule has 104 valence electrons. The van der Waals surface area contributed by atoms with Gasteiger partial charge in [-0.05, 0) is 24.7 Å². The Kier molecular flexibility index (Phi) is 3.89. The van der Waals surface area contributed by atoms with Crippen molar-refractivity contribution in [3.8, 4) is 0 Å². The van der Waals surface area contributed by atoms with Crippen LogP contribution in [0.25, 0.3) is 10.9 Å². The fraction of sp³-hybridized carbons (Fsp3) is 0.267. The minimum Gasteiger partial charge on any atom is -0.361 e. The Morgan fingerprint density at radius 2 is 2.30 bits per heavy atom. The van der Waals surface area contributed by atoms with Gasteiger partial charge in [-0.3, -0.25) is 0 Å². The van der Waals surface area contributed by atoms with Crippen LogP contribution in [-0.2, 0) is 13.1 Å². The molecular formula is C15H17BrN4. The van der Waals surface area contributed by atoms with Crippen molar-refractivity contribution in [1.82, 2.24) is 19.4 Å². The molecule has 3 rings (SSSR count). The van der Waals surface area contributed by atoms with E-state index in [-0.39, 0.29) is 0 Å². The number of aromatic nitrogens is 3. The van der Waals surface area contributed by atoms with Crippen LogP contribution in [0, 0.1) is 0 Å². The van der Waals surface area contributed by atoms with Crippen molar-refractivity contribution in [3.05, 3.63) is 53.2 Å². The minimum absolute atomic E-state index is 0.941. The fourth-order valence-electron chi connectivity index (χ4n) is 2.36. The molecule has 3 aromatic rings. The van der Waals surface area contributed by atoms with Gasteiger partial charge in [-0.25, -0.2) is 4.98 Å². The van der Waals surface area contributed by atoms with E-state index in [4.69, 9.17) is 0 Å². The van der Waals surface area contributed by atoms with Crippen molar-refractivity contribution in [1.29, 1.82) is 0 Å². The first kappa shape index (κ1) is 13.4. The summed E-state index contributed by atoms with van der Waals surface area (Å²) in [5, 5.41) is 1.29. The van der Waals surface area contributed by atoms with Crippen LogP contribution in [0.4, 0.5) is 0 Å². The zero-order valence-electron chi connectivity index (χ0n) is 11.4. The number of hydrogen-bond donors (Lipinski definition) is 1. The highest BCUT2D eigenvalue weighted by atomic mass is 79.9. The molecule has 0 aliphatic carbocycles. The molecule has 2 heterocycles. The predicted molar refractivity (Wildman–Crippen MR) is 84.6 cm³/mol. The van der Waals surface area contributed by atoms with Gasteiger partial charge in [0.05, 0.1) is 6.33 Å². The number of halogens is 1. The summed E-state index contributed by atoms with van der Waals surface area (Å²) in [4.78, 5) is 9.72.